The van der Waals surface area contributed by atoms with Crippen LogP contribution in [0.4, 0.5) is 0 Å². The van der Waals surface area contributed by atoms with E-state index in [1.165, 1.54) is 0 Å². The maximum Gasteiger partial charge on any atom is 0.234 e. The summed E-state index contributed by atoms with van der Waals surface area (Å²) in [5.41, 5.74) is 4.77. The molecule has 0 atom stereocenters. The number of amidine groups is 1. The van der Waals surface area contributed by atoms with Crippen LogP contribution in [0.15, 0.2) is 21.7 Å². The first-order valence-electron chi connectivity index (χ1n) is 5.90. The summed E-state index contributed by atoms with van der Waals surface area (Å²) in [6.45, 7) is 2.16. The molecular formula is C12H17N3O3. The summed E-state index contributed by atoms with van der Waals surface area (Å²) in [7, 11) is 0. The highest BCUT2D eigenvalue weighted by molar-refractivity contribution is 6.07. The van der Waals surface area contributed by atoms with Gasteiger partial charge in [0.25, 0.3) is 0 Å². The third-order valence-electron chi connectivity index (χ3n) is 3.46. The first-order valence-corrected chi connectivity index (χ1v) is 5.90. The maximum atomic E-state index is 12.1. The van der Waals surface area contributed by atoms with Crippen LogP contribution >= 0.6 is 0 Å². The zero-order chi connectivity index (χ0) is 13.2. The highest BCUT2D eigenvalue weighted by Crippen LogP contribution is 2.41. The summed E-state index contributed by atoms with van der Waals surface area (Å²) in [6, 6.07) is 3.65. The summed E-state index contributed by atoms with van der Waals surface area (Å²) >= 11 is 0. The van der Waals surface area contributed by atoms with Crippen LogP contribution in [0.3, 0.4) is 0 Å². The predicted octanol–water partition coefficient (Wildman–Crippen LogP) is 1.12. The fourth-order valence-electron chi connectivity index (χ4n) is 2.14. The van der Waals surface area contributed by atoms with Crippen molar-refractivity contribution in [3.63, 3.8) is 0 Å². The molecule has 0 aromatic carbocycles. The van der Waals surface area contributed by atoms with Crippen LogP contribution in [0.1, 0.15) is 30.8 Å². The standard InChI is InChI=1S/C12H17N3O3/c1-8-3-4-9(18-8)7-14-11(16)12(5-2-6-12)10(13)15-17/h3-4,17H,2,5-7H2,1H3,(H2,13,15)(H,14,16). The van der Waals surface area contributed by atoms with Gasteiger partial charge in [0.1, 0.15) is 16.9 Å². The van der Waals surface area contributed by atoms with Gasteiger partial charge in [0.15, 0.2) is 5.84 Å². The number of furan rings is 1. The fourth-order valence-corrected chi connectivity index (χ4v) is 2.14. The second-order valence-corrected chi connectivity index (χ2v) is 4.62. The number of oxime groups is 1. The molecule has 0 unspecified atom stereocenters. The van der Waals surface area contributed by atoms with Crippen LogP contribution < -0.4 is 11.1 Å². The number of rotatable bonds is 4. The molecule has 1 aliphatic rings. The average molecular weight is 251 g/mol. The van der Waals surface area contributed by atoms with Crippen LogP contribution in [0.2, 0.25) is 0 Å². The molecule has 0 saturated heterocycles. The Bertz CT molecular complexity index is 475. The number of hydrogen-bond donors (Lipinski definition) is 3. The van der Waals surface area contributed by atoms with Gasteiger partial charge in [-0.2, -0.15) is 0 Å². The van der Waals surface area contributed by atoms with E-state index in [-0.39, 0.29) is 11.7 Å². The Labute approximate surface area is 105 Å². The Kier molecular flexibility index (Phi) is 3.27. The van der Waals surface area contributed by atoms with Crippen molar-refractivity contribution in [1.29, 1.82) is 0 Å². The molecule has 1 heterocycles. The van der Waals surface area contributed by atoms with Crippen molar-refractivity contribution >= 4 is 11.7 Å². The molecule has 2 rings (SSSR count). The summed E-state index contributed by atoms with van der Waals surface area (Å²) in [5.74, 6) is 1.27. The Balaban J connectivity index is 1.99. The van der Waals surface area contributed by atoms with Gasteiger partial charge >= 0.3 is 0 Å². The maximum absolute atomic E-state index is 12.1. The molecule has 6 nitrogen and oxygen atoms in total. The summed E-state index contributed by atoms with van der Waals surface area (Å²) in [4.78, 5) is 12.1. The highest BCUT2D eigenvalue weighted by Gasteiger charge is 2.48. The Morgan fingerprint density at radius 3 is 2.78 bits per heavy atom. The number of amides is 1. The van der Waals surface area contributed by atoms with Crippen LogP contribution in [-0.2, 0) is 11.3 Å². The second-order valence-electron chi connectivity index (χ2n) is 4.62. The largest absolute Gasteiger partial charge is 0.465 e. The van der Waals surface area contributed by atoms with Gasteiger partial charge in [-0.25, -0.2) is 0 Å². The highest BCUT2D eigenvalue weighted by atomic mass is 16.4. The van der Waals surface area contributed by atoms with E-state index < -0.39 is 5.41 Å². The summed E-state index contributed by atoms with van der Waals surface area (Å²) in [5, 5.41) is 14.5. The molecular weight excluding hydrogens is 234 g/mol. The number of nitrogens with one attached hydrogen (secondary N) is 1. The van der Waals surface area contributed by atoms with Gasteiger partial charge in [0.2, 0.25) is 5.91 Å². The summed E-state index contributed by atoms with van der Waals surface area (Å²) < 4.78 is 5.36. The van der Waals surface area contributed by atoms with Crippen molar-refractivity contribution in [2.45, 2.75) is 32.7 Å². The molecule has 1 aliphatic carbocycles. The van der Waals surface area contributed by atoms with Crippen LogP contribution in [-0.4, -0.2) is 17.0 Å². The third kappa shape index (κ3) is 2.05. The number of carbonyl (C=O) groups excluding carboxylic acids is 1. The van der Waals surface area contributed by atoms with Crippen molar-refractivity contribution in [3.05, 3.63) is 23.7 Å². The van der Waals surface area contributed by atoms with E-state index in [4.69, 9.17) is 15.4 Å². The SMILES string of the molecule is Cc1ccc(CNC(=O)C2(/C(N)=N/O)CCC2)o1. The number of hydrogen-bond acceptors (Lipinski definition) is 4. The molecule has 0 radical (unpaired) electrons. The van der Waals surface area contributed by atoms with Crippen molar-refractivity contribution in [2.75, 3.05) is 0 Å². The van der Waals surface area contributed by atoms with E-state index in [0.717, 1.165) is 12.2 Å². The average Bonchev–Trinajstić information content (AvgIpc) is 2.70. The molecule has 1 fully saturated rings. The quantitative estimate of drug-likeness (QED) is 0.323. The minimum absolute atomic E-state index is 0.0122. The molecule has 0 bridgehead atoms. The molecule has 0 aliphatic heterocycles. The van der Waals surface area contributed by atoms with Gasteiger partial charge in [0, 0.05) is 0 Å². The van der Waals surface area contributed by atoms with Crippen LogP contribution in [0.5, 0.6) is 0 Å². The zero-order valence-electron chi connectivity index (χ0n) is 10.3. The molecule has 6 heteroatoms. The van der Waals surface area contributed by atoms with Gasteiger partial charge in [-0.3, -0.25) is 4.79 Å². The molecule has 1 saturated carbocycles. The number of nitrogens with two attached hydrogens (primary N) is 1. The topological polar surface area (TPSA) is 101 Å². The van der Waals surface area contributed by atoms with Crippen LogP contribution in [0.25, 0.3) is 0 Å². The van der Waals surface area contributed by atoms with Gasteiger partial charge in [-0.15, -0.1) is 0 Å². The van der Waals surface area contributed by atoms with E-state index in [1.54, 1.807) is 0 Å². The third-order valence-corrected chi connectivity index (χ3v) is 3.46. The first-order chi connectivity index (χ1) is 8.58. The van der Waals surface area contributed by atoms with Crippen molar-refractivity contribution in [2.24, 2.45) is 16.3 Å². The Morgan fingerprint density at radius 2 is 2.33 bits per heavy atom. The van der Waals surface area contributed by atoms with Crippen molar-refractivity contribution < 1.29 is 14.4 Å². The molecule has 1 amide bonds. The van der Waals surface area contributed by atoms with E-state index >= 15 is 0 Å². The number of nitrogens with zero attached hydrogens (tertiary/aromatic N) is 1. The Morgan fingerprint density at radius 1 is 1.61 bits per heavy atom. The lowest BCUT2D eigenvalue weighted by atomic mass is 9.67. The zero-order valence-corrected chi connectivity index (χ0v) is 10.3. The summed E-state index contributed by atoms with van der Waals surface area (Å²) in [6.07, 6.45) is 2.14. The van der Waals surface area contributed by atoms with E-state index in [9.17, 15) is 4.79 Å². The molecule has 18 heavy (non-hydrogen) atoms. The van der Waals surface area contributed by atoms with E-state index in [0.29, 0.717) is 25.1 Å². The van der Waals surface area contributed by atoms with Gasteiger partial charge in [-0.05, 0) is 31.9 Å². The Hall–Kier alpha value is -1.98. The minimum atomic E-state index is -0.837. The lowest BCUT2D eigenvalue weighted by Crippen LogP contribution is -2.53. The smallest absolute Gasteiger partial charge is 0.234 e. The minimum Gasteiger partial charge on any atom is -0.465 e. The fraction of sp³-hybridized carbons (Fsp3) is 0.500. The predicted molar refractivity (Wildman–Crippen MR) is 65.0 cm³/mol. The molecule has 0 spiro atoms. The van der Waals surface area contributed by atoms with Crippen LogP contribution in [0, 0.1) is 12.3 Å². The van der Waals surface area contributed by atoms with Crippen molar-refractivity contribution in [3.8, 4) is 0 Å². The number of carbonyl (C=O) groups is 1. The molecule has 4 N–H and O–H groups in total. The molecule has 1 aromatic heterocycles. The number of aryl methyl sites for hydroxylation is 1. The van der Waals surface area contributed by atoms with Gasteiger partial charge in [-0.1, -0.05) is 11.6 Å². The van der Waals surface area contributed by atoms with Gasteiger partial charge in [0.05, 0.1) is 6.54 Å². The second kappa shape index (κ2) is 4.72. The normalized spacial score (nSPS) is 18.2. The van der Waals surface area contributed by atoms with E-state index in [2.05, 4.69) is 10.5 Å². The molecule has 1 aromatic rings. The monoisotopic (exact) mass is 251 g/mol. The first kappa shape index (κ1) is 12.5. The molecule has 98 valence electrons. The van der Waals surface area contributed by atoms with Gasteiger partial charge < -0.3 is 20.7 Å². The van der Waals surface area contributed by atoms with E-state index in [1.807, 2.05) is 19.1 Å². The lowest BCUT2D eigenvalue weighted by Gasteiger charge is -2.38. The van der Waals surface area contributed by atoms with Crippen molar-refractivity contribution in [1.82, 2.24) is 5.32 Å². The lowest BCUT2D eigenvalue weighted by molar-refractivity contribution is -0.131.